The van der Waals surface area contributed by atoms with Gasteiger partial charge in [0.1, 0.15) is 11.5 Å². The number of benzene rings is 2. The molecule has 9 heteroatoms. The zero-order valence-electron chi connectivity index (χ0n) is 31.2. The van der Waals surface area contributed by atoms with Crippen molar-refractivity contribution in [2.75, 3.05) is 14.1 Å². The largest absolute Gasteiger partial charge is 0.497 e. The molecular formula is C26H20N2O7. The zero-order chi connectivity index (χ0) is 36.9. The van der Waals surface area contributed by atoms with Crippen LogP contribution in [-0.2, 0) is 4.74 Å². The van der Waals surface area contributed by atoms with Crippen LogP contribution >= 0.6 is 0 Å². The maximum Gasteiger partial charge on any atom is 0.347 e. The third-order valence-electron chi connectivity index (χ3n) is 4.34. The Hall–Kier alpha value is -4.92. The summed E-state index contributed by atoms with van der Waals surface area (Å²) in [5, 5.41) is 0. The minimum Gasteiger partial charge on any atom is -0.497 e. The highest BCUT2D eigenvalue weighted by atomic mass is 16.6. The molecule has 0 fully saturated rings. The molecule has 176 valence electrons. The molecule has 0 saturated carbocycles. The highest BCUT2D eigenvalue weighted by molar-refractivity contribution is 6.02. The number of rotatable bonds is 6. The molecule has 0 N–H and O–H groups in total. The summed E-state index contributed by atoms with van der Waals surface area (Å²) in [5.41, 5.74) is -4.36. The molecule has 0 unspecified atom stereocenters. The van der Waals surface area contributed by atoms with Crippen molar-refractivity contribution in [1.29, 1.82) is 0 Å². The first-order valence-corrected chi connectivity index (χ1v) is 9.35. The molecule has 0 bridgehead atoms. The quantitative estimate of drug-likeness (QED) is 0.305. The van der Waals surface area contributed by atoms with Gasteiger partial charge in [-0.2, -0.15) is 0 Å². The number of hydrogen-bond donors (Lipinski definition) is 0. The van der Waals surface area contributed by atoms with Gasteiger partial charge < -0.3 is 14.2 Å². The van der Waals surface area contributed by atoms with E-state index in [1.165, 1.54) is 0 Å². The van der Waals surface area contributed by atoms with E-state index in [1.807, 2.05) is 0 Å². The van der Waals surface area contributed by atoms with Gasteiger partial charge in [0.15, 0.2) is 0 Å². The second-order valence-corrected chi connectivity index (χ2v) is 6.49. The van der Waals surface area contributed by atoms with Crippen LogP contribution in [-0.4, -0.2) is 35.1 Å². The van der Waals surface area contributed by atoms with Crippen LogP contribution < -0.4 is 20.6 Å². The number of pyridine rings is 2. The number of esters is 2. The lowest BCUT2D eigenvalue weighted by molar-refractivity contribution is 0.0397. The maximum atomic E-state index is 13.0. The fourth-order valence-corrected chi connectivity index (χ4v) is 2.70. The van der Waals surface area contributed by atoms with Gasteiger partial charge in [0.25, 0.3) is 11.1 Å². The standard InChI is InChI=1S/C26H20N2O7/c1-33-21-9-5-19(6-10-21)27-15-17(3-13-23(27)29)25(31)35-26(32)18-4-14-24(30)28(16-18)20-7-11-22(34-2)12-8-20/h3-16H,1-2H3/i1D3,2D3,5D,6D,7D,8D,9D,10D,11D,12D. The first-order chi connectivity index (χ1) is 22.5. The topological polar surface area (TPSA) is 106 Å². The summed E-state index contributed by atoms with van der Waals surface area (Å²) >= 11 is 0. The summed E-state index contributed by atoms with van der Waals surface area (Å²) in [4.78, 5) is 51.3. The zero-order valence-corrected chi connectivity index (χ0v) is 17.2. The van der Waals surface area contributed by atoms with Gasteiger partial charge in [-0.1, -0.05) is 0 Å². The Kier molecular flexibility index (Phi) is 3.25. The summed E-state index contributed by atoms with van der Waals surface area (Å²) in [6, 6.07) is -4.02. The first-order valence-electron chi connectivity index (χ1n) is 16.4. The van der Waals surface area contributed by atoms with Gasteiger partial charge in [0.05, 0.1) is 44.4 Å². The molecule has 0 atom stereocenters. The fraction of sp³-hybridized carbons (Fsp3) is 0.0769. The summed E-state index contributed by atoms with van der Waals surface area (Å²) in [5.74, 6) is -4.65. The van der Waals surface area contributed by atoms with Crippen molar-refractivity contribution in [3.05, 3.63) is 117 Å². The van der Waals surface area contributed by atoms with Crippen LogP contribution in [0.1, 0.15) is 39.9 Å². The predicted molar refractivity (Wildman–Crippen MR) is 127 cm³/mol. The summed E-state index contributed by atoms with van der Waals surface area (Å²) in [6.45, 7) is 0. The van der Waals surface area contributed by atoms with E-state index in [0.717, 1.165) is 36.7 Å². The van der Waals surface area contributed by atoms with Gasteiger partial charge in [0.2, 0.25) is 0 Å². The second kappa shape index (κ2) is 9.92. The van der Waals surface area contributed by atoms with Crippen LogP contribution in [0.2, 0.25) is 0 Å². The van der Waals surface area contributed by atoms with Crippen molar-refractivity contribution < 1.29 is 43.0 Å². The number of ether oxygens (including phenoxy) is 3. The molecular weight excluding hydrogens is 452 g/mol. The van der Waals surface area contributed by atoms with Crippen molar-refractivity contribution in [2.24, 2.45) is 0 Å². The van der Waals surface area contributed by atoms with Crippen molar-refractivity contribution >= 4 is 11.9 Å². The van der Waals surface area contributed by atoms with Crippen molar-refractivity contribution in [1.82, 2.24) is 9.13 Å². The monoisotopic (exact) mass is 486 g/mol. The first kappa shape index (κ1) is 11.5. The van der Waals surface area contributed by atoms with Crippen LogP contribution in [0.3, 0.4) is 0 Å². The van der Waals surface area contributed by atoms with Crippen molar-refractivity contribution in [2.45, 2.75) is 0 Å². The molecule has 0 saturated heterocycles. The van der Waals surface area contributed by atoms with Crippen molar-refractivity contribution in [3.8, 4) is 22.9 Å². The van der Waals surface area contributed by atoms with Gasteiger partial charge in [-0.05, 0) is 60.5 Å². The smallest absolute Gasteiger partial charge is 0.347 e. The Morgan fingerprint density at radius 3 is 1.46 bits per heavy atom. The number of carbonyl (C=O) groups excluding carboxylic acids is 2. The van der Waals surface area contributed by atoms with Gasteiger partial charge in [0, 0.05) is 35.9 Å². The molecule has 0 amide bonds. The van der Waals surface area contributed by atoms with E-state index in [4.69, 9.17) is 23.9 Å². The highest BCUT2D eigenvalue weighted by Gasteiger charge is 2.17. The van der Waals surface area contributed by atoms with Crippen LogP contribution in [0.4, 0.5) is 0 Å². The lowest BCUT2D eigenvalue weighted by Gasteiger charge is -2.10. The van der Waals surface area contributed by atoms with Gasteiger partial charge >= 0.3 is 11.9 Å². The minimum absolute atomic E-state index is 0.523. The number of nitrogens with zero attached hydrogens (tertiary/aromatic N) is 2. The second-order valence-electron chi connectivity index (χ2n) is 6.49. The third-order valence-corrected chi connectivity index (χ3v) is 4.34. The van der Waals surface area contributed by atoms with Crippen LogP contribution in [0.5, 0.6) is 11.5 Å². The van der Waals surface area contributed by atoms with Gasteiger partial charge in [-0.25, -0.2) is 9.59 Å². The molecule has 2 aromatic heterocycles. The average molecular weight is 487 g/mol. The molecule has 0 radical (unpaired) electrons. The van der Waals surface area contributed by atoms with Crippen molar-refractivity contribution in [3.63, 3.8) is 0 Å². The highest BCUT2D eigenvalue weighted by Crippen LogP contribution is 2.16. The molecule has 4 aromatic rings. The van der Waals surface area contributed by atoms with Crippen LogP contribution in [0.15, 0.2) is 94.6 Å². The number of methoxy groups -OCH3 is 2. The van der Waals surface area contributed by atoms with E-state index in [9.17, 15) is 19.2 Å². The third kappa shape index (κ3) is 5.03. The average Bonchev–Trinajstić information content (AvgIpc) is 3.00. The maximum absolute atomic E-state index is 13.0. The van der Waals surface area contributed by atoms with E-state index in [1.54, 1.807) is 0 Å². The van der Waals surface area contributed by atoms with Crippen LogP contribution in [0, 0.1) is 0 Å². The Labute approximate surface area is 219 Å². The molecule has 9 nitrogen and oxygen atoms in total. The molecule has 4 rings (SSSR count). The predicted octanol–water partition coefficient (Wildman–Crippen LogP) is 3.00. The molecule has 2 heterocycles. The minimum atomic E-state index is -3.13. The lowest BCUT2D eigenvalue weighted by atomic mass is 10.2. The molecule has 0 aliphatic heterocycles. The van der Waals surface area contributed by atoms with E-state index < -0.39 is 119 Å². The van der Waals surface area contributed by atoms with E-state index in [-0.39, 0.29) is 0 Å². The molecule has 0 aliphatic carbocycles. The summed E-state index contributed by atoms with van der Waals surface area (Å²) < 4.78 is 124. The lowest BCUT2D eigenvalue weighted by Crippen LogP contribution is -2.22. The molecule has 35 heavy (non-hydrogen) atoms. The Bertz CT molecular complexity index is 1950. The number of aromatic nitrogens is 2. The molecule has 0 spiro atoms. The van der Waals surface area contributed by atoms with Crippen LogP contribution in [0.25, 0.3) is 11.4 Å². The molecule has 2 aromatic carbocycles. The number of carbonyl (C=O) groups is 2. The summed E-state index contributed by atoms with van der Waals surface area (Å²) in [7, 11) is -6.26. The van der Waals surface area contributed by atoms with Gasteiger partial charge in [-0.15, -0.1) is 0 Å². The normalized spacial score (nSPS) is 16.9. The summed E-state index contributed by atoms with van der Waals surface area (Å²) in [6.07, 6.45) is 1.47. The Morgan fingerprint density at radius 2 is 1.09 bits per heavy atom. The van der Waals surface area contributed by atoms with Gasteiger partial charge in [-0.3, -0.25) is 18.7 Å². The Balaban J connectivity index is 1.71. The van der Waals surface area contributed by atoms with E-state index in [0.29, 0.717) is 9.13 Å². The Morgan fingerprint density at radius 1 is 0.686 bits per heavy atom. The molecule has 0 aliphatic rings. The van der Waals surface area contributed by atoms with E-state index >= 15 is 0 Å². The van der Waals surface area contributed by atoms with E-state index in [2.05, 4.69) is 9.47 Å². The SMILES string of the molecule is [2H]c1c([2H])c(-n2cc(C(=O)OC(=O)c3ccc(=O)n(-c4c([2H])c([2H])c(OC([2H])([2H])[2H])c([2H])c4[2H])c3)ccc2=O)c([2H])c([2H])c1OC([2H])([2H])[2H]. The fourth-order valence-electron chi connectivity index (χ4n) is 2.70. The number of hydrogen-bond acceptors (Lipinski definition) is 7.